The average Bonchev–Trinajstić information content (AvgIpc) is 3.30. The maximum absolute atomic E-state index is 13.2. The fourth-order valence-electron chi connectivity index (χ4n) is 3.98. The summed E-state index contributed by atoms with van der Waals surface area (Å²) in [5.74, 6) is 0.959. The molecule has 0 atom stereocenters. The second-order valence-electron chi connectivity index (χ2n) is 8.09. The highest BCUT2D eigenvalue weighted by Crippen LogP contribution is 2.23. The lowest BCUT2D eigenvalue weighted by Crippen LogP contribution is -2.49. The van der Waals surface area contributed by atoms with Crippen LogP contribution in [0.4, 0.5) is 5.82 Å². The van der Waals surface area contributed by atoms with Gasteiger partial charge in [-0.15, -0.1) is 0 Å². The van der Waals surface area contributed by atoms with Gasteiger partial charge >= 0.3 is 5.97 Å². The largest absolute Gasteiger partial charge is 0.459 e. The van der Waals surface area contributed by atoms with Crippen molar-refractivity contribution in [1.29, 1.82) is 0 Å². The number of amides is 1. The van der Waals surface area contributed by atoms with Gasteiger partial charge in [0.1, 0.15) is 17.8 Å². The van der Waals surface area contributed by atoms with E-state index in [1.54, 1.807) is 37.1 Å². The maximum Gasteiger partial charge on any atom is 0.340 e. The van der Waals surface area contributed by atoms with E-state index in [0.29, 0.717) is 54.5 Å². The molecule has 1 aliphatic heterocycles. The van der Waals surface area contributed by atoms with Crippen LogP contribution < -0.4 is 4.90 Å². The van der Waals surface area contributed by atoms with Gasteiger partial charge in [-0.05, 0) is 40.2 Å². The Labute approximate surface area is 180 Å². The predicted octanol–water partition coefficient (Wildman–Crippen LogP) is 1.91. The third-order valence-electron chi connectivity index (χ3n) is 5.45. The summed E-state index contributed by atoms with van der Waals surface area (Å²) in [4.78, 5) is 41.3. The predicted molar refractivity (Wildman–Crippen MR) is 114 cm³/mol. The second-order valence-corrected chi connectivity index (χ2v) is 8.09. The summed E-state index contributed by atoms with van der Waals surface area (Å²) < 4.78 is 7.05. The standard InChI is InChI=1S/C21H27N7O3/c1-12(2)31-20(30)17-14(4)18(25-15(17)5)19(29)27-8-6-26(7-9-27)16-10-13(3)24-21-22-11-23-28(16)21/h10-12,25H,6-9H2,1-5H3. The number of ether oxygens (including phenoxy) is 1. The molecule has 0 saturated carbocycles. The molecule has 1 aliphatic rings. The molecule has 1 amide bonds. The number of fused-ring (bicyclic) bond motifs is 1. The van der Waals surface area contributed by atoms with Crippen LogP contribution in [0.15, 0.2) is 12.4 Å². The zero-order chi connectivity index (χ0) is 22.3. The summed E-state index contributed by atoms with van der Waals surface area (Å²) in [5, 5.41) is 4.27. The van der Waals surface area contributed by atoms with E-state index in [9.17, 15) is 9.59 Å². The molecule has 3 aromatic rings. The van der Waals surface area contributed by atoms with Crippen LogP contribution >= 0.6 is 0 Å². The molecule has 10 heteroatoms. The molecule has 0 radical (unpaired) electrons. The van der Waals surface area contributed by atoms with Gasteiger partial charge in [0.2, 0.25) is 0 Å². The van der Waals surface area contributed by atoms with Crippen LogP contribution in [0, 0.1) is 20.8 Å². The minimum absolute atomic E-state index is 0.111. The second kappa shape index (κ2) is 8.01. The first-order chi connectivity index (χ1) is 14.8. The van der Waals surface area contributed by atoms with Crippen molar-refractivity contribution in [3.05, 3.63) is 40.6 Å². The number of esters is 1. The van der Waals surface area contributed by atoms with Crippen LogP contribution in [-0.4, -0.2) is 73.6 Å². The van der Waals surface area contributed by atoms with Crippen molar-refractivity contribution in [3.8, 4) is 0 Å². The van der Waals surface area contributed by atoms with Gasteiger partial charge < -0.3 is 19.5 Å². The van der Waals surface area contributed by atoms with Gasteiger partial charge in [0.25, 0.3) is 11.7 Å². The summed E-state index contributed by atoms with van der Waals surface area (Å²) in [6.45, 7) is 11.5. The normalized spacial score (nSPS) is 14.5. The number of nitrogens with one attached hydrogen (secondary N) is 1. The summed E-state index contributed by atoms with van der Waals surface area (Å²) in [6, 6.07) is 1.98. The number of carbonyl (C=O) groups is 2. The minimum atomic E-state index is -0.407. The Morgan fingerprint density at radius 1 is 1.13 bits per heavy atom. The van der Waals surface area contributed by atoms with Gasteiger partial charge in [0.15, 0.2) is 0 Å². The number of aromatic amines is 1. The molecule has 10 nitrogen and oxygen atoms in total. The van der Waals surface area contributed by atoms with E-state index in [1.165, 1.54) is 6.33 Å². The Bertz CT molecular complexity index is 1140. The number of nitrogens with zero attached hydrogens (tertiary/aromatic N) is 6. The van der Waals surface area contributed by atoms with E-state index >= 15 is 0 Å². The highest BCUT2D eigenvalue weighted by molar-refractivity contribution is 6.00. The molecule has 164 valence electrons. The summed E-state index contributed by atoms with van der Waals surface area (Å²) >= 11 is 0. The van der Waals surface area contributed by atoms with E-state index in [1.807, 2.05) is 13.0 Å². The molecule has 1 fully saturated rings. The number of anilines is 1. The summed E-state index contributed by atoms with van der Waals surface area (Å²) in [6.07, 6.45) is 1.27. The van der Waals surface area contributed by atoms with Crippen LogP contribution in [0.1, 0.15) is 51.6 Å². The van der Waals surface area contributed by atoms with E-state index in [2.05, 4.69) is 25.0 Å². The molecular formula is C21H27N7O3. The molecule has 4 heterocycles. The first kappa shape index (κ1) is 20.8. The molecule has 1 N–H and O–H groups in total. The number of hydrogen-bond acceptors (Lipinski definition) is 7. The van der Waals surface area contributed by atoms with Crippen LogP contribution in [0.5, 0.6) is 0 Å². The van der Waals surface area contributed by atoms with Crippen molar-refractivity contribution in [3.63, 3.8) is 0 Å². The summed E-state index contributed by atoms with van der Waals surface area (Å²) in [5.41, 5.74) is 3.03. The number of aromatic nitrogens is 5. The molecule has 31 heavy (non-hydrogen) atoms. The van der Waals surface area contributed by atoms with Crippen LogP contribution in [-0.2, 0) is 4.74 Å². The smallest absolute Gasteiger partial charge is 0.340 e. The lowest BCUT2D eigenvalue weighted by atomic mass is 10.1. The van der Waals surface area contributed by atoms with E-state index in [0.717, 1.165) is 11.5 Å². The minimum Gasteiger partial charge on any atom is -0.459 e. The molecule has 3 aromatic heterocycles. The number of piperazine rings is 1. The number of hydrogen-bond donors (Lipinski definition) is 1. The van der Waals surface area contributed by atoms with Gasteiger partial charge in [0.05, 0.1) is 11.7 Å². The Kier molecular flexibility index (Phi) is 5.38. The molecule has 0 spiro atoms. The molecule has 0 unspecified atom stereocenters. The lowest BCUT2D eigenvalue weighted by Gasteiger charge is -2.35. The van der Waals surface area contributed by atoms with Crippen LogP contribution in [0.3, 0.4) is 0 Å². The van der Waals surface area contributed by atoms with Crippen molar-refractivity contribution in [1.82, 2.24) is 29.5 Å². The van der Waals surface area contributed by atoms with E-state index in [-0.39, 0.29) is 12.0 Å². The molecule has 0 bridgehead atoms. The van der Waals surface area contributed by atoms with Gasteiger partial charge in [-0.25, -0.2) is 9.78 Å². The van der Waals surface area contributed by atoms with Crippen LogP contribution in [0.2, 0.25) is 0 Å². The molecule has 4 rings (SSSR count). The highest BCUT2D eigenvalue weighted by Gasteiger charge is 2.29. The third-order valence-corrected chi connectivity index (χ3v) is 5.45. The first-order valence-electron chi connectivity index (χ1n) is 10.4. The van der Waals surface area contributed by atoms with Crippen molar-refractivity contribution in [2.75, 3.05) is 31.1 Å². The van der Waals surface area contributed by atoms with Crippen molar-refractivity contribution in [2.24, 2.45) is 0 Å². The van der Waals surface area contributed by atoms with Crippen molar-refractivity contribution < 1.29 is 14.3 Å². The molecular weight excluding hydrogens is 398 g/mol. The zero-order valence-electron chi connectivity index (χ0n) is 18.5. The summed E-state index contributed by atoms with van der Waals surface area (Å²) in [7, 11) is 0. The van der Waals surface area contributed by atoms with E-state index < -0.39 is 5.97 Å². The van der Waals surface area contributed by atoms with Gasteiger partial charge in [0, 0.05) is 43.6 Å². The van der Waals surface area contributed by atoms with Gasteiger partial charge in [-0.2, -0.15) is 14.6 Å². The van der Waals surface area contributed by atoms with Gasteiger partial charge in [-0.1, -0.05) is 0 Å². The number of aryl methyl sites for hydroxylation is 2. The number of H-pyrrole nitrogens is 1. The highest BCUT2D eigenvalue weighted by atomic mass is 16.5. The Balaban J connectivity index is 1.50. The lowest BCUT2D eigenvalue weighted by molar-refractivity contribution is 0.0376. The number of carbonyl (C=O) groups excluding carboxylic acids is 2. The fraction of sp³-hybridized carbons (Fsp3) is 0.476. The topological polar surface area (TPSA) is 109 Å². The molecule has 1 saturated heterocycles. The monoisotopic (exact) mass is 425 g/mol. The zero-order valence-corrected chi connectivity index (χ0v) is 18.5. The Morgan fingerprint density at radius 2 is 1.84 bits per heavy atom. The Morgan fingerprint density at radius 3 is 2.52 bits per heavy atom. The quantitative estimate of drug-likeness (QED) is 0.636. The average molecular weight is 425 g/mol. The van der Waals surface area contributed by atoms with Crippen molar-refractivity contribution in [2.45, 2.75) is 40.7 Å². The molecule has 0 aliphatic carbocycles. The van der Waals surface area contributed by atoms with Crippen LogP contribution in [0.25, 0.3) is 5.78 Å². The van der Waals surface area contributed by atoms with E-state index in [4.69, 9.17) is 4.74 Å². The third kappa shape index (κ3) is 3.85. The first-order valence-corrected chi connectivity index (χ1v) is 10.4. The van der Waals surface area contributed by atoms with Crippen molar-refractivity contribution >= 4 is 23.5 Å². The fourth-order valence-corrected chi connectivity index (χ4v) is 3.98. The maximum atomic E-state index is 13.2. The SMILES string of the molecule is Cc1cc(N2CCN(C(=O)c3[nH]c(C)c(C(=O)OC(C)C)c3C)CC2)n2ncnc2n1. The molecule has 0 aromatic carbocycles. The Hall–Kier alpha value is -3.43. The number of rotatable bonds is 4. The van der Waals surface area contributed by atoms with Gasteiger partial charge in [-0.3, -0.25) is 4.79 Å².